The minimum Gasteiger partial charge on any atom is -0.420 e. The molecule has 0 heterocycles. The minimum absolute atomic E-state index is 0.226. The highest BCUT2D eigenvalue weighted by molar-refractivity contribution is 7.90. The summed E-state index contributed by atoms with van der Waals surface area (Å²) >= 11 is 0. The second-order valence-electron chi connectivity index (χ2n) is 3.91. The van der Waals surface area contributed by atoms with Gasteiger partial charge in [0.1, 0.15) is 4.90 Å². The molecule has 0 bridgehead atoms. The maximum absolute atomic E-state index is 13.5. The predicted octanol–water partition coefficient (Wildman–Crippen LogP) is 2.35. The highest BCUT2D eigenvalue weighted by Crippen LogP contribution is 2.32. The molecule has 0 fully saturated rings. The Balaban J connectivity index is 3.49. The number of ether oxygens (including phenoxy) is 1. The molecule has 0 atom stereocenters. The molecule has 0 saturated carbocycles. The van der Waals surface area contributed by atoms with Gasteiger partial charge in [0.15, 0.2) is 21.5 Å². The van der Waals surface area contributed by atoms with E-state index in [1.54, 1.807) is 6.92 Å². The topological polar surface area (TPSA) is 60.4 Å². The molecule has 0 aliphatic carbocycles. The van der Waals surface area contributed by atoms with Crippen molar-refractivity contribution in [3.05, 3.63) is 23.3 Å². The number of hydrogen-bond acceptors (Lipinski definition) is 4. The standard InChI is InChI=1S/C11H10F4O4S/c1-3-4-5(16)19-10-6(12)8(14)11(20(2,17)18)9(15)7(10)13/h3-4H2,1-2H3. The Morgan fingerprint density at radius 3 is 1.85 bits per heavy atom. The fraction of sp³-hybridized carbons (Fsp3) is 0.364. The summed E-state index contributed by atoms with van der Waals surface area (Å²) in [6, 6.07) is 0. The summed E-state index contributed by atoms with van der Waals surface area (Å²) in [5.74, 6) is -11.1. The van der Waals surface area contributed by atoms with E-state index in [9.17, 15) is 30.8 Å². The van der Waals surface area contributed by atoms with Gasteiger partial charge < -0.3 is 4.74 Å². The van der Waals surface area contributed by atoms with Gasteiger partial charge in [0.05, 0.1) is 0 Å². The first-order chi connectivity index (χ1) is 9.11. The van der Waals surface area contributed by atoms with E-state index in [4.69, 9.17) is 0 Å². The van der Waals surface area contributed by atoms with Crippen LogP contribution in [-0.4, -0.2) is 20.6 Å². The molecule has 9 heteroatoms. The van der Waals surface area contributed by atoms with Crippen molar-refractivity contribution in [3.63, 3.8) is 0 Å². The van der Waals surface area contributed by atoms with Crippen LogP contribution in [0.2, 0.25) is 0 Å². The molecular weight excluding hydrogens is 304 g/mol. The van der Waals surface area contributed by atoms with E-state index in [1.807, 2.05) is 0 Å². The third-order valence-electron chi connectivity index (χ3n) is 2.22. The zero-order chi connectivity index (χ0) is 15.7. The second-order valence-corrected chi connectivity index (χ2v) is 5.86. The molecule has 1 rings (SSSR count). The zero-order valence-corrected chi connectivity index (χ0v) is 11.3. The molecule has 0 aromatic heterocycles. The van der Waals surface area contributed by atoms with Gasteiger partial charge in [-0.15, -0.1) is 0 Å². The molecule has 0 radical (unpaired) electrons. The van der Waals surface area contributed by atoms with Gasteiger partial charge in [-0.3, -0.25) is 4.79 Å². The molecule has 0 saturated heterocycles. The molecule has 0 aliphatic heterocycles. The molecule has 20 heavy (non-hydrogen) atoms. The van der Waals surface area contributed by atoms with Crippen LogP contribution in [0.3, 0.4) is 0 Å². The molecule has 1 aromatic carbocycles. The molecule has 112 valence electrons. The smallest absolute Gasteiger partial charge is 0.311 e. The molecule has 0 unspecified atom stereocenters. The number of esters is 1. The normalized spacial score (nSPS) is 11.5. The van der Waals surface area contributed by atoms with Gasteiger partial charge in [-0.2, -0.15) is 8.78 Å². The SMILES string of the molecule is CCCC(=O)Oc1c(F)c(F)c(S(C)(=O)=O)c(F)c1F. The number of carbonyl (C=O) groups excluding carboxylic acids is 1. The van der Waals surface area contributed by atoms with Crippen molar-refractivity contribution >= 4 is 15.8 Å². The van der Waals surface area contributed by atoms with E-state index in [0.29, 0.717) is 6.26 Å². The molecule has 4 nitrogen and oxygen atoms in total. The predicted molar refractivity (Wildman–Crippen MR) is 59.9 cm³/mol. The molecular formula is C11H10F4O4S. The van der Waals surface area contributed by atoms with E-state index in [0.717, 1.165) is 0 Å². The Hall–Kier alpha value is -1.64. The Kier molecular flexibility index (Phi) is 4.74. The average Bonchev–Trinajstić information content (AvgIpc) is 2.31. The largest absolute Gasteiger partial charge is 0.420 e. The third kappa shape index (κ3) is 3.09. The van der Waals surface area contributed by atoms with Gasteiger partial charge >= 0.3 is 5.97 Å². The summed E-state index contributed by atoms with van der Waals surface area (Å²) in [4.78, 5) is 9.36. The van der Waals surface area contributed by atoms with Crippen molar-refractivity contribution in [3.8, 4) is 5.75 Å². The van der Waals surface area contributed by atoms with Gasteiger partial charge in [-0.05, 0) is 6.42 Å². The first kappa shape index (κ1) is 16.4. The Labute approximate surface area is 112 Å². The quantitative estimate of drug-likeness (QED) is 0.370. The minimum atomic E-state index is -4.54. The van der Waals surface area contributed by atoms with E-state index >= 15 is 0 Å². The fourth-order valence-corrected chi connectivity index (χ4v) is 2.21. The van der Waals surface area contributed by atoms with E-state index < -0.39 is 49.7 Å². The lowest BCUT2D eigenvalue weighted by atomic mass is 10.3. The van der Waals surface area contributed by atoms with Crippen molar-refractivity contribution in [2.75, 3.05) is 6.26 Å². The first-order valence-corrected chi connectivity index (χ1v) is 7.27. The van der Waals surface area contributed by atoms with Crippen LogP contribution in [0.15, 0.2) is 4.90 Å². The maximum Gasteiger partial charge on any atom is 0.311 e. The highest BCUT2D eigenvalue weighted by atomic mass is 32.2. The van der Waals surface area contributed by atoms with Gasteiger partial charge in [-0.25, -0.2) is 17.2 Å². The number of carbonyl (C=O) groups is 1. The summed E-state index contributed by atoms with van der Waals surface area (Å²) in [6.07, 6.45) is 0.445. The van der Waals surface area contributed by atoms with Crippen LogP contribution < -0.4 is 4.74 Å². The molecule has 0 aliphatic rings. The van der Waals surface area contributed by atoms with Crippen molar-refractivity contribution in [1.82, 2.24) is 0 Å². The van der Waals surface area contributed by atoms with Crippen LogP contribution in [0.5, 0.6) is 5.75 Å². The number of benzene rings is 1. The summed E-state index contributed by atoms with van der Waals surface area (Å²) in [7, 11) is -4.54. The van der Waals surface area contributed by atoms with Crippen molar-refractivity contribution in [2.45, 2.75) is 24.7 Å². The second kappa shape index (κ2) is 5.78. The number of hydrogen-bond donors (Lipinski definition) is 0. The van der Waals surface area contributed by atoms with E-state index in [-0.39, 0.29) is 12.8 Å². The van der Waals surface area contributed by atoms with Crippen LogP contribution in [0.25, 0.3) is 0 Å². The highest BCUT2D eigenvalue weighted by Gasteiger charge is 2.32. The van der Waals surface area contributed by atoms with Crippen LogP contribution in [0.1, 0.15) is 19.8 Å². The number of sulfone groups is 1. The Bertz CT molecular complexity index is 626. The number of halogens is 4. The Morgan fingerprint density at radius 1 is 1.05 bits per heavy atom. The van der Waals surface area contributed by atoms with Gasteiger partial charge in [0.25, 0.3) is 0 Å². The van der Waals surface area contributed by atoms with Crippen LogP contribution in [-0.2, 0) is 14.6 Å². The summed E-state index contributed by atoms with van der Waals surface area (Å²) < 4.78 is 80.4. The summed E-state index contributed by atoms with van der Waals surface area (Å²) in [5, 5.41) is 0. The number of rotatable bonds is 4. The van der Waals surface area contributed by atoms with Gasteiger partial charge in [-0.1, -0.05) is 6.92 Å². The zero-order valence-electron chi connectivity index (χ0n) is 10.5. The van der Waals surface area contributed by atoms with Crippen molar-refractivity contribution in [2.24, 2.45) is 0 Å². The first-order valence-electron chi connectivity index (χ1n) is 5.37. The monoisotopic (exact) mass is 314 g/mol. The lowest BCUT2D eigenvalue weighted by Crippen LogP contribution is -2.15. The van der Waals surface area contributed by atoms with Crippen LogP contribution >= 0.6 is 0 Å². The van der Waals surface area contributed by atoms with E-state index in [1.165, 1.54) is 0 Å². The Morgan fingerprint density at radius 2 is 1.50 bits per heavy atom. The molecule has 1 aromatic rings. The molecule has 0 amide bonds. The van der Waals surface area contributed by atoms with Crippen molar-refractivity contribution < 1.29 is 35.5 Å². The third-order valence-corrected chi connectivity index (χ3v) is 3.32. The fourth-order valence-electron chi connectivity index (χ4n) is 1.38. The van der Waals surface area contributed by atoms with Gasteiger partial charge in [0, 0.05) is 12.7 Å². The lowest BCUT2D eigenvalue weighted by molar-refractivity contribution is -0.134. The van der Waals surface area contributed by atoms with Crippen molar-refractivity contribution in [1.29, 1.82) is 0 Å². The maximum atomic E-state index is 13.5. The molecule has 0 N–H and O–H groups in total. The van der Waals surface area contributed by atoms with E-state index in [2.05, 4.69) is 4.74 Å². The summed E-state index contributed by atoms with van der Waals surface area (Å²) in [5.41, 5.74) is 0. The molecule has 0 spiro atoms. The van der Waals surface area contributed by atoms with Gasteiger partial charge in [0.2, 0.25) is 17.4 Å². The lowest BCUT2D eigenvalue weighted by Gasteiger charge is -2.10. The summed E-state index contributed by atoms with van der Waals surface area (Å²) in [6.45, 7) is 1.57. The van der Waals surface area contributed by atoms with Crippen LogP contribution in [0.4, 0.5) is 17.6 Å². The van der Waals surface area contributed by atoms with Crippen LogP contribution in [0, 0.1) is 23.3 Å². The average molecular weight is 314 g/mol.